The molecule has 1 amide bonds. The van der Waals surface area contributed by atoms with Gasteiger partial charge in [0.2, 0.25) is 0 Å². The second kappa shape index (κ2) is 5.14. The van der Waals surface area contributed by atoms with Gasteiger partial charge in [0.1, 0.15) is 6.26 Å². The molecule has 92 valence electrons. The van der Waals surface area contributed by atoms with Crippen LogP contribution >= 0.6 is 0 Å². The Balaban J connectivity index is 2.09. The van der Waals surface area contributed by atoms with E-state index >= 15 is 0 Å². The van der Waals surface area contributed by atoms with Crippen LogP contribution in [0.25, 0.3) is 0 Å². The molecule has 1 aliphatic rings. The maximum absolute atomic E-state index is 12.1. The number of piperidine rings is 1. The molecular weight excluding hydrogens is 220 g/mol. The molecule has 1 aromatic rings. The molecule has 1 saturated heterocycles. The highest BCUT2D eigenvalue weighted by atomic mass is 16.4. The number of likely N-dealkylation sites (tertiary alicyclic amines) is 1. The monoisotopic (exact) mass is 236 g/mol. The van der Waals surface area contributed by atoms with Crippen LogP contribution in [0.2, 0.25) is 0 Å². The summed E-state index contributed by atoms with van der Waals surface area (Å²) in [5.41, 5.74) is 5.60. The second-order valence-corrected chi connectivity index (χ2v) is 4.34. The molecule has 1 aromatic heterocycles. The third kappa shape index (κ3) is 2.74. The number of rotatable bonds is 2. The molecule has 1 fully saturated rings. The third-order valence-electron chi connectivity index (χ3n) is 3.09. The molecule has 0 saturated carbocycles. The molecule has 5 nitrogen and oxygen atoms in total. The molecule has 17 heavy (non-hydrogen) atoms. The van der Waals surface area contributed by atoms with Crippen molar-refractivity contribution in [3.63, 3.8) is 0 Å². The molecular formula is C12H16N2O3. The maximum Gasteiger partial charge on any atom is 0.335 e. The normalized spacial score (nSPS) is 20.3. The van der Waals surface area contributed by atoms with Gasteiger partial charge >= 0.3 is 5.63 Å². The lowest BCUT2D eigenvalue weighted by Crippen LogP contribution is -2.42. The van der Waals surface area contributed by atoms with Gasteiger partial charge in [-0.1, -0.05) is 0 Å². The van der Waals surface area contributed by atoms with E-state index in [9.17, 15) is 9.59 Å². The molecule has 0 spiro atoms. The molecule has 0 aliphatic carbocycles. The number of carbonyl (C=O) groups excluding carboxylic acids is 1. The van der Waals surface area contributed by atoms with Crippen LogP contribution < -0.4 is 11.4 Å². The van der Waals surface area contributed by atoms with Gasteiger partial charge in [-0.05, 0) is 31.4 Å². The largest absolute Gasteiger partial charge is 0.430 e. The number of carbonyl (C=O) groups is 1. The Morgan fingerprint density at radius 3 is 3.00 bits per heavy atom. The van der Waals surface area contributed by atoms with E-state index in [0.717, 1.165) is 19.4 Å². The molecule has 2 N–H and O–H groups in total. The van der Waals surface area contributed by atoms with Crippen molar-refractivity contribution in [3.8, 4) is 0 Å². The number of hydrogen-bond donors (Lipinski definition) is 1. The third-order valence-corrected chi connectivity index (χ3v) is 3.09. The van der Waals surface area contributed by atoms with Crippen molar-refractivity contribution in [1.29, 1.82) is 0 Å². The Morgan fingerprint density at radius 2 is 2.35 bits per heavy atom. The number of hydrogen-bond acceptors (Lipinski definition) is 4. The summed E-state index contributed by atoms with van der Waals surface area (Å²) in [6, 6.07) is 2.76. The lowest BCUT2D eigenvalue weighted by molar-refractivity contribution is 0.0675. The Kier molecular flexibility index (Phi) is 3.58. The minimum atomic E-state index is -0.444. The number of nitrogens with zero attached hydrogens (tertiary/aromatic N) is 1. The predicted molar refractivity (Wildman–Crippen MR) is 62.7 cm³/mol. The van der Waals surface area contributed by atoms with Crippen molar-refractivity contribution in [2.45, 2.75) is 12.8 Å². The van der Waals surface area contributed by atoms with E-state index in [-0.39, 0.29) is 5.91 Å². The Bertz CT molecular complexity index is 435. The minimum Gasteiger partial charge on any atom is -0.430 e. The molecule has 1 unspecified atom stereocenters. The summed E-state index contributed by atoms with van der Waals surface area (Å²) in [5.74, 6) is 0.287. The Hall–Kier alpha value is -1.62. The number of amides is 1. The van der Waals surface area contributed by atoms with Gasteiger partial charge in [-0.3, -0.25) is 4.79 Å². The van der Waals surface area contributed by atoms with Crippen LogP contribution in [0.3, 0.4) is 0 Å². The summed E-state index contributed by atoms with van der Waals surface area (Å²) in [6.45, 7) is 2.04. The zero-order chi connectivity index (χ0) is 12.3. The van der Waals surface area contributed by atoms with Gasteiger partial charge in [0.25, 0.3) is 5.91 Å². The molecule has 0 aromatic carbocycles. The van der Waals surface area contributed by atoms with E-state index in [4.69, 9.17) is 10.2 Å². The first-order valence-electron chi connectivity index (χ1n) is 5.79. The SMILES string of the molecule is NCC1CCCN(C(=O)c2ccc(=O)oc2)C1. The summed E-state index contributed by atoms with van der Waals surface area (Å²) in [6.07, 6.45) is 3.27. The van der Waals surface area contributed by atoms with Crippen molar-refractivity contribution in [2.75, 3.05) is 19.6 Å². The average molecular weight is 236 g/mol. The zero-order valence-corrected chi connectivity index (χ0v) is 9.59. The zero-order valence-electron chi connectivity index (χ0n) is 9.59. The quantitative estimate of drug-likeness (QED) is 0.808. The van der Waals surface area contributed by atoms with Crippen molar-refractivity contribution in [3.05, 3.63) is 34.4 Å². The van der Waals surface area contributed by atoms with Gasteiger partial charge in [-0.25, -0.2) is 4.79 Å². The van der Waals surface area contributed by atoms with E-state index < -0.39 is 5.63 Å². The van der Waals surface area contributed by atoms with Gasteiger partial charge in [0.15, 0.2) is 0 Å². The van der Waals surface area contributed by atoms with E-state index in [1.54, 1.807) is 4.90 Å². The molecule has 1 aliphatic heterocycles. The van der Waals surface area contributed by atoms with Crippen molar-refractivity contribution < 1.29 is 9.21 Å². The molecule has 2 rings (SSSR count). The van der Waals surface area contributed by atoms with Crippen LogP contribution in [-0.2, 0) is 0 Å². The summed E-state index contributed by atoms with van der Waals surface area (Å²) in [7, 11) is 0. The van der Waals surface area contributed by atoms with Crippen molar-refractivity contribution >= 4 is 5.91 Å². The second-order valence-electron chi connectivity index (χ2n) is 4.34. The highest BCUT2D eigenvalue weighted by molar-refractivity contribution is 5.93. The maximum atomic E-state index is 12.1. The fourth-order valence-corrected chi connectivity index (χ4v) is 2.10. The van der Waals surface area contributed by atoms with Gasteiger partial charge < -0.3 is 15.1 Å². The summed E-state index contributed by atoms with van der Waals surface area (Å²) in [4.78, 5) is 24.7. The molecule has 0 radical (unpaired) electrons. The standard InChI is InChI=1S/C12H16N2O3/c13-6-9-2-1-5-14(7-9)12(16)10-3-4-11(15)17-8-10/h3-4,8-9H,1-2,5-7,13H2. The van der Waals surface area contributed by atoms with Gasteiger partial charge in [0, 0.05) is 19.2 Å². The highest BCUT2D eigenvalue weighted by Gasteiger charge is 2.23. The average Bonchev–Trinajstić information content (AvgIpc) is 2.39. The summed E-state index contributed by atoms with van der Waals surface area (Å²) in [5, 5.41) is 0. The van der Waals surface area contributed by atoms with Crippen LogP contribution in [-0.4, -0.2) is 30.4 Å². The van der Waals surface area contributed by atoms with Crippen LogP contribution in [0.4, 0.5) is 0 Å². The molecule has 0 bridgehead atoms. The highest BCUT2D eigenvalue weighted by Crippen LogP contribution is 2.17. The lowest BCUT2D eigenvalue weighted by Gasteiger charge is -2.32. The van der Waals surface area contributed by atoms with Crippen LogP contribution in [0, 0.1) is 5.92 Å². The lowest BCUT2D eigenvalue weighted by atomic mass is 9.98. The van der Waals surface area contributed by atoms with E-state index in [1.165, 1.54) is 18.4 Å². The topological polar surface area (TPSA) is 76.5 Å². The van der Waals surface area contributed by atoms with Crippen LogP contribution in [0.15, 0.2) is 27.6 Å². The number of nitrogens with two attached hydrogens (primary N) is 1. The van der Waals surface area contributed by atoms with E-state index in [2.05, 4.69) is 0 Å². The first-order chi connectivity index (χ1) is 8.20. The Morgan fingerprint density at radius 1 is 1.53 bits per heavy atom. The van der Waals surface area contributed by atoms with E-state index in [1.807, 2.05) is 0 Å². The van der Waals surface area contributed by atoms with Gasteiger partial charge in [0.05, 0.1) is 5.56 Å². The Labute approximate surface area is 99.2 Å². The van der Waals surface area contributed by atoms with E-state index in [0.29, 0.717) is 24.6 Å². The minimum absolute atomic E-state index is 0.0908. The van der Waals surface area contributed by atoms with Crippen LogP contribution in [0.5, 0.6) is 0 Å². The summed E-state index contributed by atoms with van der Waals surface area (Å²) >= 11 is 0. The fraction of sp³-hybridized carbons (Fsp3) is 0.500. The predicted octanol–water partition coefficient (Wildman–Crippen LogP) is 0.451. The van der Waals surface area contributed by atoms with Crippen LogP contribution in [0.1, 0.15) is 23.2 Å². The molecule has 5 heteroatoms. The first-order valence-corrected chi connectivity index (χ1v) is 5.79. The molecule has 1 atom stereocenters. The van der Waals surface area contributed by atoms with Gasteiger partial charge in [-0.2, -0.15) is 0 Å². The summed E-state index contributed by atoms with van der Waals surface area (Å²) < 4.78 is 4.70. The molecule has 2 heterocycles. The first kappa shape index (κ1) is 11.9. The fourth-order valence-electron chi connectivity index (χ4n) is 2.10. The smallest absolute Gasteiger partial charge is 0.335 e. The van der Waals surface area contributed by atoms with Gasteiger partial charge in [-0.15, -0.1) is 0 Å². The van der Waals surface area contributed by atoms with Crippen molar-refractivity contribution in [2.24, 2.45) is 11.7 Å². The van der Waals surface area contributed by atoms with Crippen molar-refractivity contribution in [1.82, 2.24) is 4.90 Å².